The molecule has 0 amide bonds. The van der Waals surface area contributed by atoms with E-state index < -0.39 is 5.82 Å². The molecule has 5 heterocycles. The van der Waals surface area contributed by atoms with Crippen molar-refractivity contribution in [3.63, 3.8) is 0 Å². The molecule has 8 nitrogen and oxygen atoms in total. The number of nitrogens with one attached hydrogen (secondary N) is 1. The molecule has 1 N–H and O–H groups in total. The maximum atomic E-state index is 12.6. The molecule has 0 atom stereocenters. The molecule has 0 unspecified atom stereocenters. The second-order valence-electron chi connectivity index (χ2n) is 7.67. The second-order valence-corrected chi connectivity index (χ2v) is 7.67. The fourth-order valence-electron chi connectivity index (χ4n) is 3.62. The van der Waals surface area contributed by atoms with Crippen LogP contribution in [0.15, 0.2) is 65.5 Å². The monoisotopic (exact) mass is 666 g/mol. The molecule has 1 fully saturated rings. The van der Waals surface area contributed by atoms with E-state index in [1.807, 2.05) is 21.8 Å². The molecule has 33 heavy (non-hydrogen) atoms. The van der Waals surface area contributed by atoms with Crippen LogP contribution < -0.4 is 0 Å². The number of imidazole rings is 1. The van der Waals surface area contributed by atoms with Gasteiger partial charge in [0.05, 0.1) is 29.4 Å². The van der Waals surface area contributed by atoms with E-state index in [0.29, 0.717) is 12.2 Å². The number of rotatable bonds is 4. The van der Waals surface area contributed by atoms with Crippen molar-refractivity contribution in [2.24, 2.45) is 10.2 Å². The van der Waals surface area contributed by atoms with E-state index in [4.69, 9.17) is 0 Å². The number of aromatic nitrogens is 5. The minimum absolute atomic E-state index is 0. The number of nitrogens with zero attached hydrogens (tertiary/aromatic N) is 7. The maximum absolute atomic E-state index is 12.6. The normalized spacial score (nSPS) is 15.4. The summed E-state index contributed by atoms with van der Waals surface area (Å²) in [4.78, 5) is 13.0. The average molecular weight is 667 g/mol. The molecule has 0 saturated heterocycles. The summed E-state index contributed by atoms with van der Waals surface area (Å²) in [5, 5.41) is 11.7. The quantitative estimate of drug-likeness (QED) is 0.157. The molecule has 1 aliphatic heterocycles. The summed E-state index contributed by atoms with van der Waals surface area (Å²) in [6.07, 6.45) is 15.6. The van der Waals surface area contributed by atoms with Crippen LogP contribution in [0.3, 0.4) is 0 Å². The topological polar surface area (TPSA) is 86.8 Å². The molecule has 2 aliphatic rings. The van der Waals surface area contributed by atoms with Crippen molar-refractivity contribution < 1.29 is 35.5 Å². The Labute approximate surface area is 214 Å². The Morgan fingerprint density at radius 3 is 2.85 bits per heavy atom. The molecule has 0 aromatic carbocycles. The molecule has 6 rings (SSSR count). The number of halogens is 1. The van der Waals surface area contributed by atoms with E-state index >= 15 is 0 Å². The average Bonchev–Trinajstić information content (AvgIpc) is 3.36. The number of hydrogen-bond donors (Lipinski definition) is 1. The van der Waals surface area contributed by atoms with Gasteiger partial charge in [-0.3, -0.25) is 11.3 Å². The smallest absolute Gasteiger partial charge is 0.530 e. The zero-order chi connectivity index (χ0) is 21.8. The predicted molar refractivity (Wildman–Crippen MR) is 118 cm³/mol. The summed E-state index contributed by atoms with van der Waals surface area (Å²) < 4.78 is 14.6. The molecule has 1 aliphatic carbocycles. The van der Waals surface area contributed by atoms with Crippen molar-refractivity contribution in [2.75, 3.05) is 6.54 Å². The van der Waals surface area contributed by atoms with Crippen LogP contribution >= 0.6 is 0 Å². The van der Waals surface area contributed by atoms with Gasteiger partial charge in [0.1, 0.15) is 5.82 Å². The summed E-state index contributed by atoms with van der Waals surface area (Å²) >= 11 is 0. The van der Waals surface area contributed by atoms with Crippen LogP contribution in [0, 0.1) is 36.9 Å². The first-order chi connectivity index (χ1) is 15.8. The van der Waals surface area contributed by atoms with E-state index in [9.17, 15) is 4.39 Å². The first kappa shape index (κ1) is 23.3. The molecule has 4 aromatic heterocycles. The Balaban J connectivity index is 0.000000170. The van der Waals surface area contributed by atoms with Gasteiger partial charge in [0.15, 0.2) is 0 Å². The third-order valence-corrected chi connectivity index (χ3v) is 5.39. The van der Waals surface area contributed by atoms with E-state index in [2.05, 4.69) is 61.0 Å². The van der Waals surface area contributed by atoms with Crippen molar-refractivity contribution >= 4 is 18.1 Å². The number of H-pyrrole nitrogens is 1. The van der Waals surface area contributed by atoms with Gasteiger partial charge in [0.2, 0.25) is 0 Å². The first-order valence-corrected chi connectivity index (χ1v) is 10.5. The minimum Gasteiger partial charge on any atom is -0.530 e. The van der Waals surface area contributed by atoms with E-state index in [0.717, 1.165) is 36.5 Å². The summed E-state index contributed by atoms with van der Waals surface area (Å²) in [7, 11) is 0. The summed E-state index contributed by atoms with van der Waals surface area (Å²) in [6.45, 7) is 1.48. The molecular formula is C23H21FN8U. The van der Waals surface area contributed by atoms with Crippen molar-refractivity contribution in [3.8, 4) is 0 Å². The minimum atomic E-state index is -0.394. The van der Waals surface area contributed by atoms with Crippen molar-refractivity contribution in [2.45, 2.75) is 31.7 Å². The number of aromatic amines is 1. The van der Waals surface area contributed by atoms with Crippen LogP contribution in [0.4, 0.5) is 4.39 Å². The van der Waals surface area contributed by atoms with Gasteiger partial charge in [-0.25, -0.2) is 13.9 Å². The summed E-state index contributed by atoms with van der Waals surface area (Å²) in [5.41, 5.74) is 5.34. The van der Waals surface area contributed by atoms with Crippen molar-refractivity contribution in [3.05, 3.63) is 83.7 Å². The molecule has 1 saturated carbocycles. The molecule has 4 aromatic rings. The third kappa shape index (κ3) is 5.95. The number of fused-ring (bicyclic) bond motifs is 2. The van der Waals surface area contributed by atoms with Crippen LogP contribution in [0.2, 0.25) is 0 Å². The van der Waals surface area contributed by atoms with Gasteiger partial charge in [0, 0.05) is 25.4 Å². The van der Waals surface area contributed by atoms with Crippen LogP contribution in [-0.4, -0.2) is 48.6 Å². The van der Waals surface area contributed by atoms with E-state index in [-0.39, 0.29) is 31.1 Å². The van der Waals surface area contributed by atoms with Gasteiger partial charge < -0.3 is 20.1 Å². The van der Waals surface area contributed by atoms with Crippen molar-refractivity contribution in [1.82, 2.24) is 29.5 Å². The number of pyridine rings is 2. The van der Waals surface area contributed by atoms with Crippen LogP contribution in [0.1, 0.15) is 41.4 Å². The van der Waals surface area contributed by atoms with E-state index in [1.165, 1.54) is 36.1 Å². The standard InChI is InChI=1S/C13H11FN6.C10H10N2.U/c14-10-1-2-11(15-5-10)6-18-19-9-20-4-3-12-13(7-20)17-8-16-12;1-2-9(8-3-4-8)10-5-6-11-12(10)7-1;/h1-2,5,8H,3-4,7H2,(H,16,17);1-2,5-8H,3-4H2;/q-2;;+2. The fourth-order valence-corrected chi connectivity index (χ4v) is 3.62. The Morgan fingerprint density at radius 2 is 2.03 bits per heavy atom. The molecule has 164 valence electrons. The van der Waals surface area contributed by atoms with Gasteiger partial charge in [-0.1, -0.05) is 18.0 Å². The van der Waals surface area contributed by atoms with Gasteiger partial charge >= 0.3 is 31.1 Å². The van der Waals surface area contributed by atoms with Crippen LogP contribution in [0.5, 0.6) is 0 Å². The fraction of sp³-hybridized carbons (Fsp3) is 0.261. The Hall–Kier alpha value is -2.83. The Kier molecular flexibility index (Phi) is 7.68. The molecular weight excluding hydrogens is 645 g/mol. The first-order valence-electron chi connectivity index (χ1n) is 10.5. The predicted octanol–water partition coefficient (Wildman–Crippen LogP) is 3.33. The summed E-state index contributed by atoms with van der Waals surface area (Å²) in [6, 6.07) is 9.16. The molecule has 0 radical (unpaired) electrons. The zero-order valence-electron chi connectivity index (χ0n) is 17.8. The number of hydrogen-bond acceptors (Lipinski definition) is 5. The van der Waals surface area contributed by atoms with Gasteiger partial charge in [-0.05, 0) is 43.0 Å². The van der Waals surface area contributed by atoms with Crippen LogP contribution in [-0.2, 0) is 13.0 Å². The second kappa shape index (κ2) is 10.9. The Morgan fingerprint density at radius 1 is 1.12 bits per heavy atom. The van der Waals surface area contributed by atoms with Gasteiger partial charge in [-0.2, -0.15) is 11.2 Å². The maximum Gasteiger partial charge on any atom is 2.00 e. The SMILES string of the molecule is Fc1ccc([C-]=NN=[C-]N2CCc3nc[nH]c3C2)nc1.[U+2].c1cc(C2CC2)c2ccnn2c1. The van der Waals surface area contributed by atoms with Gasteiger partial charge in [-0.15, -0.1) is 6.07 Å². The van der Waals surface area contributed by atoms with Crippen molar-refractivity contribution in [1.29, 1.82) is 0 Å². The molecule has 0 bridgehead atoms. The van der Waals surface area contributed by atoms with Gasteiger partial charge in [0.25, 0.3) is 0 Å². The summed E-state index contributed by atoms with van der Waals surface area (Å²) in [5.74, 6) is 0.416. The third-order valence-electron chi connectivity index (χ3n) is 5.39. The molecule has 10 heteroatoms. The van der Waals surface area contributed by atoms with E-state index in [1.54, 1.807) is 6.33 Å². The Bertz CT molecular complexity index is 1240. The molecule has 0 spiro atoms. The zero-order valence-corrected chi connectivity index (χ0v) is 22.0. The largest absolute Gasteiger partial charge is 2.00 e. The van der Waals surface area contributed by atoms with Crippen LogP contribution in [0.25, 0.3) is 5.52 Å².